The molecule has 0 aliphatic heterocycles. The summed E-state index contributed by atoms with van der Waals surface area (Å²) in [6.07, 6.45) is 1.58. The fraction of sp³-hybridized carbons (Fsp3) is 0.227. The first kappa shape index (κ1) is 22.1. The molecule has 4 aromatic rings. The van der Waals surface area contributed by atoms with Crippen molar-refractivity contribution in [1.29, 1.82) is 0 Å². The highest BCUT2D eigenvalue weighted by atomic mass is 32.2. The highest BCUT2D eigenvalue weighted by Gasteiger charge is 2.18. The third kappa shape index (κ3) is 4.29. The predicted octanol–water partition coefficient (Wildman–Crippen LogP) is 3.71. The Morgan fingerprint density at radius 3 is 2.56 bits per heavy atom. The third-order valence-corrected chi connectivity index (χ3v) is 8.63. The van der Waals surface area contributed by atoms with Crippen molar-refractivity contribution in [2.45, 2.75) is 30.5 Å². The molecule has 4 rings (SSSR count). The number of nitrogen functional groups attached to an aromatic ring is 1. The molecule has 8 nitrogen and oxygen atoms in total. The number of hydrogen-bond donors (Lipinski definition) is 2. The topological polar surface area (TPSA) is 120 Å². The summed E-state index contributed by atoms with van der Waals surface area (Å²) in [5, 5.41) is 11.3. The van der Waals surface area contributed by atoms with E-state index in [0.717, 1.165) is 21.9 Å². The van der Waals surface area contributed by atoms with E-state index in [9.17, 15) is 4.21 Å². The fourth-order valence-corrected chi connectivity index (χ4v) is 5.09. The SMILES string of the molecule is C=S(=O)(c1ccc(-c2cnc(N)c(-c3nnc(-c4ccc(CNC)s4)o3)n2)cc1)C(C)C. The smallest absolute Gasteiger partial charge is 0.270 e. The van der Waals surface area contributed by atoms with Gasteiger partial charge in [-0.1, -0.05) is 26.0 Å². The normalized spacial score (nSPS) is 13.4. The molecule has 3 N–H and O–H groups in total. The number of rotatable bonds is 7. The number of nitrogens with one attached hydrogen (secondary N) is 1. The van der Waals surface area contributed by atoms with E-state index in [1.54, 1.807) is 17.5 Å². The maximum atomic E-state index is 12.8. The lowest BCUT2D eigenvalue weighted by atomic mass is 10.1. The first-order chi connectivity index (χ1) is 15.3. The van der Waals surface area contributed by atoms with Crippen LogP contribution < -0.4 is 11.1 Å². The van der Waals surface area contributed by atoms with Gasteiger partial charge in [0.1, 0.15) is 0 Å². The Morgan fingerprint density at radius 2 is 1.88 bits per heavy atom. The molecule has 0 aliphatic rings. The van der Waals surface area contributed by atoms with Gasteiger partial charge in [0.15, 0.2) is 11.5 Å². The quantitative estimate of drug-likeness (QED) is 0.394. The van der Waals surface area contributed by atoms with Gasteiger partial charge in [-0.25, -0.2) is 9.97 Å². The average molecular weight is 469 g/mol. The maximum absolute atomic E-state index is 12.8. The van der Waals surface area contributed by atoms with E-state index in [0.29, 0.717) is 22.2 Å². The van der Waals surface area contributed by atoms with Crippen molar-refractivity contribution in [2.75, 3.05) is 12.8 Å². The Morgan fingerprint density at radius 1 is 1.16 bits per heavy atom. The molecule has 0 aliphatic carbocycles. The van der Waals surface area contributed by atoms with Crippen LogP contribution in [0.4, 0.5) is 5.82 Å². The molecule has 0 fully saturated rings. The fourth-order valence-electron chi connectivity index (χ4n) is 3.00. The summed E-state index contributed by atoms with van der Waals surface area (Å²) in [4.78, 5) is 11.6. The summed E-state index contributed by atoms with van der Waals surface area (Å²) in [7, 11) is -0.455. The van der Waals surface area contributed by atoms with Gasteiger partial charge in [-0.05, 0) is 46.7 Å². The van der Waals surface area contributed by atoms with Crippen LogP contribution in [-0.4, -0.2) is 42.5 Å². The Hall–Kier alpha value is -3.08. The predicted molar refractivity (Wildman–Crippen MR) is 130 cm³/mol. The summed E-state index contributed by atoms with van der Waals surface area (Å²) >= 11 is 1.57. The van der Waals surface area contributed by atoms with Crippen LogP contribution in [0, 0.1) is 0 Å². The molecule has 0 saturated carbocycles. The molecular formula is C22H24N6O2S2. The number of benzene rings is 1. The van der Waals surface area contributed by atoms with E-state index in [1.807, 2.05) is 57.3 Å². The van der Waals surface area contributed by atoms with Crippen LogP contribution >= 0.6 is 11.3 Å². The lowest BCUT2D eigenvalue weighted by Crippen LogP contribution is -2.13. The first-order valence-electron chi connectivity index (χ1n) is 9.96. The molecule has 0 bridgehead atoms. The zero-order valence-electron chi connectivity index (χ0n) is 18.0. The summed E-state index contributed by atoms with van der Waals surface area (Å²) in [5.74, 6) is 4.70. The second-order valence-electron chi connectivity index (χ2n) is 7.50. The van der Waals surface area contributed by atoms with Crippen LogP contribution in [0.1, 0.15) is 18.7 Å². The van der Waals surface area contributed by atoms with Crippen LogP contribution in [0.5, 0.6) is 0 Å². The molecule has 1 atom stereocenters. The standard InChI is InChI=1S/C22H24N6O2S2/c1-13(2)32(4,29)16-8-5-14(6-9-16)17-12-25-20(23)19(26-17)22-28-27-21(30-22)18-10-7-15(31-18)11-24-3/h5-10,12-13,24H,4,11H2,1-3H3,(H2,23,25). The lowest BCUT2D eigenvalue weighted by Gasteiger charge is -2.13. The molecule has 1 aromatic carbocycles. The summed E-state index contributed by atoms with van der Waals surface area (Å²) in [6, 6.07) is 11.3. The minimum Gasteiger partial charge on any atom is -0.414 e. The van der Waals surface area contributed by atoms with Crippen molar-refractivity contribution in [2.24, 2.45) is 0 Å². The van der Waals surface area contributed by atoms with Crippen LogP contribution in [0.25, 0.3) is 33.6 Å². The van der Waals surface area contributed by atoms with Crippen LogP contribution in [0.3, 0.4) is 0 Å². The van der Waals surface area contributed by atoms with E-state index in [-0.39, 0.29) is 17.0 Å². The highest BCUT2D eigenvalue weighted by Crippen LogP contribution is 2.31. The van der Waals surface area contributed by atoms with Crippen molar-refractivity contribution >= 4 is 32.5 Å². The first-order valence-corrected chi connectivity index (χ1v) is 12.6. The largest absolute Gasteiger partial charge is 0.414 e. The van der Waals surface area contributed by atoms with Crippen molar-refractivity contribution < 1.29 is 8.63 Å². The molecule has 3 aromatic heterocycles. The van der Waals surface area contributed by atoms with Gasteiger partial charge < -0.3 is 15.5 Å². The Kier molecular flexibility index (Phi) is 6.09. The minimum atomic E-state index is -2.35. The molecule has 0 spiro atoms. The zero-order chi connectivity index (χ0) is 22.9. The molecule has 32 heavy (non-hydrogen) atoms. The van der Waals surface area contributed by atoms with Gasteiger partial charge in [0.05, 0.1) is 16.8 Å². The molecule has 0 radical (unpaired) electrons. The van der Waals surface area contributed by atoms with E-state index >= 15 is 0 Å². The number of nitrogens with zero attached hydrogens (tertiary/aromatic N) is 4. The van der Waals surface area contributed by atoms with Crippen LogP contribution in [0.2, 0.25) is 0 Å². The van der Waals surface area contributed by atoms with E-state index in [4.69, 9.17) is 10.2 Å². The van der Waals surface area contributed by atoms with Crippen molar-refractivity contribution in [3.8, 4) is 33.6 Å². The molecule has 0 amide bonds. The number of aromatic nitrogens is 4. The third-order valence-electron chi connectivity index (χ3n) is 4.96. The van der Waals surface area contributed by atoms with Gasteiger partial charge in [0.2, 0.25) is 0 Å². The van der Waals surface area contributed by atoms with Crippen LogP contribution in [-0.2, 0) is 16.1 Å². The van der Waals surface area contributed by atoms with E-state index in [1.165, 1.54) is 0 Å². The molecule has 3 heterocycles. The number of thiophene rings is 1. The van der Waals surface area contributed by atoms with E-state index in [2.05, 4.69) is 31.4 Å². The van der Waals surface area contributed by atoms with Gasteiger partial charge in [-0.3, -0.25) is 4.21 Å². The molecular weight excluding hydrogens is 444 g/mol. The molecule has 1 unspecified atom stereocenters. The Bertz CT molecular complexity index is 1340. The summed E-state index contributed by atoms with van der Waals surface area (Å²) in [6.45, 7) is 4.57. The molecule has 166 valence electrons. The molecule has 0 saturated heterocycles. The number of nitrogens with two attached hydrogens (primary N) is 1. The van der Waals surface area contributed by atoms with Crippen molar-refractivity contribution in [3.63, 3.8) is 0 Å². The van der Waals surface area contributed by atoms with Gasteiger partial charge in [0, 0.05) is 27.1 Å². The Balaban J connectivity index is 1.64. The Labute approximate surface area is 191 Å². The minimum absolute atomic E-state index is 0.0550. The van der Waals surface area contributed by atoms with Crippen molar-refractivity contribution in [1.82, 2.24) is 25.5 Å². The second-order valence-corrected chi connectivity index (χ2v) is 11.5. The van der Waals surface area contributed by atoms with Gasteiger partial charge in [-0.2, -0.15) is 0 Å². The second kappa shape index (κ2) is 8.81. The maximum Gasteiger partial charge on any atom is 0.270 e. The van der Waals surface area contributed by atoms with E-state index < -0.39 is 9.52 Å². The molecule has 10 heteroatoms. The monoisotopic (exact) mass is 468 g/mol. The van der Waals surface area contributed by atoms with Gasteiger partial charge in [0.25, 0.3) is 11.8 Å². The summed E-state index contributed by atoms with van der Waals surface area (Å²) < 4.78 is 18.6. The number of hydrogen-bond acceptors (Lipinski definition) is 9. The zero-order valence-corrected chi connectivity index (χ0v) is 19.7. The van der Waals surface area contributed by atoms with Crippen LogP contribution in [0.15, 0.2) is 51.9 Å². The lowest BCUT2D eigenvalue weighted by molar-refractivity contribution is 0.583. The number of anilines is 1. The summed E-state index contributed by atoms with van der Waals surface area (Å²) in [5.41, 5.74) is 7.76. The highest BCUT2D eigenvalue weighted by molar-refractivity contribution is 8.00. The van der Waals surface area contributed by atoms with Crippen molar-refractivity contribution in [3.05, 3.63) is 47.5 Å². The van der Waals surface area contributed by atoms with Gasteiger partial charge in [-0.15, -0.1) is 21.5 Å². The average Bonchev–Trinajstić information content (AvgIpc) is 3.44. The van der Waals surface area contributed by atoms with Gasteiger partial charge >= 0.3 is 0 Å².